The lowest BCUT2D eigenvalue weighted by atomic mass is 10.1. The molecule has 0 saturated heterocycles. The Morgan fingerprint density at radius 3 is 2.31 bits per heavy atom. The number of aryl methyl sites for hydroxylation is 2. The van der Waals surface area contributed by atoms with Crippen molar-refractivity contribution in [2.45, 2.75) is 25.2 Å². The van der Waals surface area contributed by atoms with Crippen LogP contribution in [-0.2, 0) is 16.3 Å². The van der Waals surface area contributed by atoms with E-state index in [1.807, 2.05) is 13.0 Å². The van der Waals surface area contributed by atoms with Gasteiger partial charge in [-0.1, -0.05) is 13.0 Å². The molecule has 72 valence electrons. The highest BCUT2D eigenvalue weighted by Gasteiger charge is 2.07. The van der Waals surface area contributed by atoms with Gasteiger partial charge in [-0.15, -0.1) is 0 Å². The molecule has 0 atom stereocenters. The van der Waals surface area contributed by atoms with Crippen molar-refractivity contribution < 1.29 is 8.42 Å². The summed E-state index contributed by atoms with van der Waals surface area (Å²) in [6.45, 7) is 4.00. The van der Waals surface area contributed by atoms with Crippen LogP contribution in [0.1, 0.15) is 18.1 Å². The van der Waals surface area contributed by atoms with Gasteiger partial charge in [0.2, 0.25) is 0 Å². The Morgan fingerprint density at radius 2 is 1.92 bits per heavy atom. The van der Waals surface area contributed by atoms with Crippen LogP contribution in [0.2, 0.25) is 0 Å². The van der Waals surface area contributed by atoms with Crippen molar-refractivity contribution in [1.82, 2.24) is 0 Å². The molecule has 1 aromatic carbocycles. The SMILES string of the molecule is CCc1ccc(S(C)(=O)=O)cc1C. The molecule has 0 spiro atoms. The maximum atomic E-state index is 11.2. The molecule has 0 aliphatic heterocycles. The molecule has 3 heteroatoms. The molecule has 1 rings (SSSR count). The molecule has 0 saturated carbocycles. The summed E-state index contributed by atoms with van der Waals surface area (Å²) in [5.41, 5.74) is 2.25. The van der Waals surface area contributed by atoms with E-state index in [0.717, 1.165) is 12.0 Å². The summed E-state index contributed by atoms with van der Waals surface area (Å²) in [5, 5.41) is 0. The third-order valence-corrected chi connectivity index (χ3v) is 3.23. The molecular formula is C10H14O2S. The van der Waals surface area contributed by atoms with Gasteiger partial charge in [-0.05, 0) is 36.6 Å². The zero-order chi connectivity index (χ0) is 10.1. The molecule has 0 bridgehead atoms. The number of hydrogen-bond donors (Lipinski definition) is 0. The van der Waals surface area contributed by atoms with Crippen molar-refractivity contribution in [2.24, 2.45) is 0 Å². The third-order valence-electron chi connectivity index (χ3n) is 2.12. The zero-order valence-electron chi connectivity index (χ0n) is 8.16. The summed E-state index contributed by atoms with van der Waals surface area (Å²) in [6.07, 6.45) is 2.17. The molecule has 0 heterocycles. The van der Waals surface area contributed by atoms with Crippen LogP contribution in [-0.4, -0.2) is 14.7 Å². The minimum Gasteiger partial charge on any atom is -0.224 e. The quantitative estimate of drug-likeness (QED) is 0.728. The predicted molar refractivity (Wildman–Crippen MR) is 53.7 cm³/mol. The molecule has 0 aliphatic carbocycles. The lowest BCUT2D eigenvalue weighted by Gasteiger charge is -2.04. The van der Waals surface area contributed by atoms with Crippen LogP contribution in [0.4, 0.5) is 0 Å². The molecule has 2 nitrogen and oxygen atoms in total. The van der Waals surface area contributed by atoms with Gasteiger partial charge in [0.1, 0.15) is 0 Å². The molecular weight excluding hydrogens is 184 g/mol. The summed E-state index contributed by atoms with van der Waals surface area (Å²) in [6, 6.07) is 5.28. The fourth-order valence-electron chi connectivity index (χ4n) is 1.30. The fourth-order valence-corrected chi connectivity index (χ4v) is 2.00. The fraction of sp³-hybridized carbons (Fsp3) is 0.400. The number of benzene rings is 1. The second-order valence-electron chi connectivity index (χ2n) is 3.21. The number of hydrogen-bond acceptors (Lipinski definition) is 2. The first-order chi connectivity index (χ1) is 5.95. The Morgan fingerprint density at radius 1 is 1.31 bits per heavy atom. The Kier molecular flexibility index (Phi) is 2.76. The van der Waals surface area contributed by atoms with Crippen LogP contribution in [0.3, 0.4) is 0 Å². The average molecular weight is 198 g/mol. The molecule has 0 N–H and O–H groups in total. The molecule has 0 aliphatic rings. The minimum absolute atomic E-state index is 0.405. The van der Waals surface area contributed by atoms with E-state index >= 15 is 0 Å². The van der Waals surface area contributed by atoms with Crippen LogP contribution in [0, 0.1) is 6.92 Å². The van der Waals surface area contributed by atoms with E-state index in [-0.39, 0.29) is 0 Å². The first-order valence-electron chi connectivity index (χ1n) is 4.24. The van der Waals surface area contributed by atoms with Gasteiger partial charge in [-0.3, -0.25) is 0 Å². The maximum absolute atomic E-state index is 11.2. The predicted octanol–water partition coefficient (Wildman–Crippen LogP) is 1.96. The largest absolute Gasteiger partial charge is 0.224 e. The number of rotatable bonds is 2. The molecule has 1 aromatic rings. The van der Waals surface area contributed by atoms with Gasteiger partial charge in [0.05, 0.1) is 4.90 Å². The normalized spacial score (nSPS) is 11.6. The van der Waals surface area contributed by atoms with E-state index in [2.05, 4.69) is 6.92 Å². The Labute approximate surface area is 79.5 Å². The van der Waals surface area contributed by atoms with Gasteiger partial charge in [0, 0.05) is 6.26 Å². The smallest absolute Gasteiger partial charge is 0.175 e. The maximum Gasteiger partial charge on any atom is 0.175 e. The third kappa shape index (κ3) is 2.31. The van der Waals surface area contributed by atoms with E-state index in [0.29, 0.717) is 4.90 Å². The highest BCUT2D eigenvalue weighted by molar-refractivity contribution is 7.90. The summed E-state index contributed by atoms with van der Waals surface area (Å²) in [5.74, 6) is 0. The van der Waals surface area contributed by atoms with Crippen LogP contribution >= 0.6 is 0 Å². The molecule has 0 unspecified atom stereocenters. The summed E-state index contributed by atoms with van der Waals surface area (Å²) < 4.78 is 22.4. The second-order valence-corrected chi connectivity index (χ2v) is 5.23. The Balaban J connectivity index is 3.26. The topological polar surface area (TPSA) is 34.1 Å². The van der Waals surface area contributed by atoms with Crippen molar-refractivity contribution in [3.05, 3.63) is 29.3 Å². The van der Waals surface area contributed by atoms with E-state index < -0.39 is 9.84 Å². The van der Waals surface area contributed by atoms with Crippen molar-refractivity contribution in [3.8, 4) is 0 Å². The van der Waals surface area contributed by atoms with Crippen LogP contribution < -0.4 is 0 Å². The highest BCUT2D eigenvalue weighted by Crippen LogP contribution is 2.15. The summed E-state index contributed by atoms with van der Waals surface area (Å²) >= 11 is 0. The van der Waals surface area contributed by atoms with Crippen molar-refractivity contribution >= 4 is 9.84 Å². The standard InChI is InChI=1S/C10H14O2S/c1-4-9-5-6-10(7-8(9)2)13(3,11)12/h5-7H,4H2,1-3H3. The van der Waals surface area contributed by atoms with Crippen LogP contribution in [0.15, 0.2) is 23.1 Å². The van der Waals surface area contributed by atoms with Gasteiger partial charge in [0.15, 0.2) is 9.84 Å². The van der Waals surface area contributed by atoms with Crippen molar-refractivity contribution in [2.75, 3.05) is 6.26 Å². The van der Waals surface area contributed by atoms with Crippen LogP contribution in [0.25, 0.3) is 0 Å². The second kappa shape index (κ2) is 3.50. The molecule has 0 fully saturated rings. The molecule has 13 heavy (non-hydrogen) atoms. The first kappa shape index (κ1) is 10.3. The van der Waals surface area contributed by atoms with E-state index in [1.54, 1.807) is 12.1 Å². The van der Waals surface area contributed by atoms with Crippen molar-refractivity contribution in [3.63, 3.8) is 0 Å². The Bertz CT molecular complexity index is 405. The monoisotopic (exact) mass is 198 g/mol. The summed E-state index contributed by atoms with van der Waals surface area (Å²) in [7, 11) is -3.05. The van der Waals surface area contributed by atoms with Gasteiger partial charge in [0.25, 0.3) is 0 Å². The van der Waals surface area contributed by atoms with E-state index in [1.165, 1.54) is 11.8 Å². The highest BCUT2D eigenvalue weighted by atomic mass is 32.2. The van der Waals surface area contributed by atoms with E-state index in [4.69, 9.17) is 0 Å². The molecule has 0 amide bonds. The molecule has 0 radical (unpaired) electrons. The van der Waals surface area contributed by atoms with Gasteiger partial charge >= 0.3 is 0 Å². The first-order valence-corrected chi connectivity index (χ1v) is 6.14. The minimum atomic E-state index is -3.05. The Hall–Kier alpha value is -0.830. The van der Waals surface area contributed by atoms with Crippen molar-refractivity contribution in [1.29, 1.82) is 0 Å². The van der Waals surface area contributed by atoms with Gasteiger partial charge in [-0.2, -0.15) is 0 Å². The number of sulfone groups is 1. The van der Waals surface area contributed by atoms with E-state index in [9.17, 15) is 8.42 Å². The van der Waals surface area contributed by atoms with Crippen LogP contribution in [0.5, 0.6) is 0 Å². The van der Waals surface area contributed by atoms with Gasteiger partial charge in [-0.25, -0.2) is 8.42 Å². The van der Waals surface area contributed by atoms with Gasteiger partial charge < -0.3 is 0 Å². The zero-order valence-corrected chi connectivity index (χ0v) is 8.98. The summed E-state index contributed by atoms with van der Waals surface area (Å²) in [4.78, 5) is 0.405. The lowest BCUT2D eigenvalue weighted by Crippen LogP contribution is -1.98. The molecule has 0 aromatic heterocycles. The lowest BCUT2D eigenvalue weighted by molar-refractivity contribution is 0.601. The average Bonchev–Trinajstić information content (AvgIpc) is 2.02.